The van der Waals surface area contributed by atoms with Crippen LogP contribution in [0.15, 0.2) is 132 Å². The van der Waals surface area contributed by atoms with Gasteiger partial charge in [-0.1, -0.05) is 91.0 Å². The van der Waals surface area contributed by atoms with Gasteiger partial charge >= 0.3 is 0 Å². The number of aryl methyl sites for hydroxylation is 1. The molecule has 0 N–H and O–H groups in total. The summed E-state index contributed by atoms with van der Waals surface area (Å²) < 4.78 is 7.03. The molecule has 0 fully saturated rings. The molecule has 0 amide bonds. The summed E-state index contributed by atoms with van der Waals surface area (Å²) in [6.07, 6.45) is 6.90. The van der Waals surface area contributed by atoms with Crippen molar-refractivity contribution in [1.82, 2.24) is 9.55 Å². The molecule has 0 aliphatic carbocycles. The summed E-state index contributed by atoms with van der Waals surface area (Å²) in [5.41, 5.74) is 3.45. The number of aromatic nitrogens is 2. The molecule has 0 radical (unpaired) electrons. The Labute approximate surface area is 211 Å². The van der Waals surface area contributed by atoms with Gasteiger partial charge in [0, 0.05) is 36.0 Å². The molecule has 0 aliphatic rings. The smallest absolute Gasteiger partial charge is 0.140 e. The highest BCUT2D eigenvalue weighted by atomic mass is 31.1. The monoisotopic (exact) mass is 485 g/mol. The lowest BCUT2D eigenvalue weighted by Gasteiger charge is -2.18. The lowest BCUT2D eigenvalue weighted by molar-refractivity contribution is 0.568. The third-order valence-corrected chi connectivity index (χ3v) is 8.26. The zero-order chi connectivity index (χ0) is 24.7. The Balaban J connectivity index is 0.000000149. The third kappa shape index (κ3) is 4.98. The molecular formula is C31H24N3OP. The van der Waals surface area contributed by atoms with E-state index in [4.69, 9.17) is 9.68 Å². The first-order valence-electron chi connectivity index (χ1n) is 11.6. The molecule has 0 unspecified atom stereocenters. The van der Waals surface area contributed by atoms with Crippen molar-refractivity contribution in [3.63, 3.8) is 0 Å². The predicted molar refractivity (Wildman–Crippen MR) is 148 cm³/mol. The van der Waals surface area contributed by atoms with Crippen LogP contribution >= 0.6 is 7.92 Å². The van der Waals surface area contributed by atoms with Gasteiger partial charge in [-0.15, -0.1) is 0 Å². The molecule has 3 aromatic carbocycles. The van der Waals surface area contributed by atoms with E-state index in [1.165, 1.54) is 15.9 Å². The van der Waals surface area contributed by atoms with Crippen molar-refractivity contribution in [1.29, 1.82) is 5.26 Å². The van der Waals surface area contributed by atoms with Crippen LogP contribution in [-0.4, -0.2) is 9.55 Å². The minimum absolute atomic E-state index is 0.446. The number of rotatable bonds is 4. The van der Waals surface area contributed by atoms with E-state index in [1.54, 1.807) is 18.7 Å². The Morgan fingerprint density at radius 3 is 1.83 bits per heavy atom. The van der Waals surface area contributed by atoms with Gasteiger partial charge in [-0.05, 0) is 36.0 Å². The predicted octanol–water partition coefficient (Wildman–Crippen LogP) is 6.15. The van der Waals surface area contributed by atoms with Crippen molar-refractivity contribution in [2.45, 2.75) is 0 Å². The fraction of sp³-hybridized carbons (Fsp3) is 0.0323. The Bertz CT molecular complexity index is 1490. The molecule has 0 atom stereocenters. The summed E-state index contributed by atoms with van der Waals surface area (Å²) in [7, 11) is 1.49. The SMILES string of the molecule is Cn1cc(-c2ccoc2)c2cc(C#N)cnc21.c1ccc(P(c2ccccc2)c2ccccc2)cc1. The fourth-order valence-electron chi connectivity index (χ4n) is 4.15. The highest BCUT2D eigenvalue weighted by Crippen LogP contribution is 2.32. The van der Waals surface area contributed by atoms with E-state index in [0.717, 1.165) is 22.2 Å². The molecule has 6 rings (SSSR count). The van der Waals surface area contributed by atoms with Crippen molar-refractivity contribution in [2.75, 3.05) is 0 Å². The first-order chi connectivity index (χ1) is 17.7. The number of hydrogen-bond donors (Lipinski definition) is 0. The average molecular weight is 486 g/mol. The first kappa shape index (κ1) is 23.3. The fourth-order valence-corrected chi connectivity index (χ4v) is 6.45. The van der Waals surface area contributed by atoms with Crippen LogP contribution in [0.2, 0.25) is 0 Å². The van der Waals surface area contributed by atoms with Gasteiger partial charge in [0.1, 0.15) is 11.7 Å². The Morgan fingerprint density at radius 2 is 1.36 bits per heavy atom. The van der Waals surface area contributed by atoms with Gasteiger partial charge in [-0.2, -0.15) is 5.26 Å². The van der Waals surface area contributed by atoms with Crippen LogP contribution in [0, 0.1) is 11.3 Å². The summed E-state index contributed by atoms with van der Waals surface area (Å²) in [6.45, 7) is 0. The van der Waals surface area contributed by atoms with Crippen LogP contribution in [0.5, 0.6) is 0 Å². The zero-order valence-electron chi connectivity index (χ0n) is 19.8. The molecule has 0 aliphatic heterocycles. The number of pyridine rings is 1. The number of benzene rings is 3. The highest BCUT2D eigenvalue weighted by molar-refractivity contribution is 7.79. The molecule has 0 bridgehead atoms. The number of furan rings is 1. The van der Waals surface area contributed by atoms with Gasteiger partial charge in [0.2, 0.25) is 0 Å². The molecule has 4 nitrogen and oxygen atoms in total. The number of hydrogen-bond acceptors (Lipinski definition) is 3. The highest BCUT2D eigenvalue weighted by Gasteiger charge is 2.15. The van der Waals surface area contributed by atoms with Gasteiger partial charge < -0.3 is 8.98 Å². The molecule has 36 heavy (non-hydrogen) atoms. The van der Waals surface area contributed by atoms with E-state index in [1.807, 2.05) is 29.9 Å². The maximum absolute atomic E-state index is 8.91. The van der Waals surface area contributed by atoms with E-state index in [0.29, 0.717) is 5.56 Å². The minimum Gasteiger partial charge on any atom is -0.472 e. The molecule has 0 saturated carbocycles. The average Bonchev–Trinajstić information content (AvgIpc) is 3.59. The van der Waals surface area contributed by atoms with Crippen LogP contribution in [0.1, 0.15) is 5.56 Å². The molecule has 3 aromatic heterocycles. The van der Waals surface area contributed by atoms with Crippen molar-refractivity contribution < 1.29 is 4.42 Å². The van der Waals surface area contributed by atoms with Gasteiger partial charge in [-0.25, -0.2) is 4.98 Å². The zero-order valence-corrected chi connectivity index (χ0v) is 20.7. The van der Waals surface area contributed by atoms with Gasteiger partial charge in [0.25, 0.3) is 0 Å². The standard InChI is InChI=1S/C18H15P.C13H9N3O/c1-4-10-16(11-5-1)19(17-12-6-2-7-13-17)18-14-8-3-9-15-18;1-16-7-12(10-2-3-17-8-10)11-4-9(5-14)6-15-13(11)16/h1-15H;2-4,6-8H,1H3. The van der Waals surface area contributed by atoms with Crippen molar-refractivity contribution in [3.8, 4) is 17.2 Å². The molecular weight excluding hydrogens is 461 g/mol. The summed E-state index contributed by atoms with van der Waals surface area (Å²) in [6, 6.07) is 38.2. The summed E-state index contributed by atoms with van der Waals surface area (Å²) in [5, 5.41) is 14.1. The van der Waals surface area contributed by atoms with Gasteiger partial charge in [-0.3, -0.25) is 0 Å². The Kier molecular flexibility index (Phi) is 7.03. The largest absolute Gasteiger partial charge is 0.472 e. The Hall–Kier alpha value is -4.45. The van der Waals surface area contributed by atoms with Gasteiger partial charge in [0.05, 0.1) is 18.1 Å². The van der Waals surface area contributed by atoms with Crippen molar-refractivity contribution in [2.24, 2.45) is 7.05 Å². The maximum Gasteiger partial charge on any atom is 0.140 e. The Morgan fingerprint density at radius 1 is 0.806 bits per heavy atom. The topological polar surface area (TPSA) is 54.8 Å². The summed E-state index contributed by atoms with van der Waals surface area (Å²) >= 11 is 0. The van der Waals surface area contributed by atoms with Crippen LogP contribution in [0.4, 0.5) is 0 Å². The molecule has 0 spiro atoms. The molecule has 3 heterocycles. The van der Waals surface area contributed by atoms with E-state index in [2.05, 4.69) is 102 Å². The van der Waals surface area contributed by atoms with E-state index < -0.39 is 7.92 Å². The number of nitrogens with zero attached hydrogens (tertiary/aromatic N) is 3. The molecule has 5 heteroatoms. The second-order valence-electron chi connectivity index (χ2n) is 8.21. The first-order valence-corrected chi connectivity index (χ1v) is 12.9. The van der Waals surface area contributed by atoms with Crippen LogP contribution in [-0.2, 0) is 7.05 Å². The normalized spacial score (nSPS) is 10.6. The lowest BCUT2D eigenvalue weighted by Crippen LogP contribution is -2.20. The van der Waals surface area contributed by atoms with Crippen LogP contribution < -0.4 is 15.9 Å². The van der Waals surface area contributed by atoms with E-state index in [9.17, 15) is 0 Å². The third-order valence-electron chi connectivity index (χ3n) is 5.82. The summed E-state index contributed by atoms with van der Waals surface area (Å²) in [5.74, 6) is 0. The molecule has 6 aromatic rings. The van der Waals surface area contributed by atoms with Crippen LogP contribution in [0.25, 0.3) is 22.2 Å². The minimum atomic E-state index is -0.446. The quantitative estimate of drug-likeness (QED) is 0.282. The van der Waals surface area contributed by atoms with Crippen LogP contribution in [0.3, 0.4) is 0 Å². The van der Waals surface area contributed by atoms with E-state index >= 15 is 0 Å². The van der Waals surface area contributed by atoms with Crippen molar-refractivity contribution in [3.05, 3.63) is 134 Å². The number of fused-ring (bicyclic) bond motifs is 1. The second kappa shape index (κ2) is 10.9. The maximum atomic E-state index is 8.91. The van der Waals surface area contributed by atoms with Crippen molar-refractivity contribution >= 4 is 34.9 Å². The molecule has 0 saturated heterocycles. The lowest BCUT2D eigenvalue weighted by atomic mass is 10.1. The van der Waals surface area contributed by atoms with Gasteiger partial charge in [0.15, 0.2) is 0 Å². The molecule has 174 valence electrons. The number of nitriles is 1. The summed E-state index contributed by atoms with van der Waals surface area (Å²) in [4.78, 5) is 4.29. The second-order valence-corrected chi connectivity index (χ2v) is 10.4. The van der Waals surface area contributed by atoms with E-state index in [-0.39, 0.29) is 0 Å².